The number of aromatic nitrogens is 1. The van der Waals surface area contributed by atoms with Gasteiger partial charge in [-0.25, -0.2) is 0 Å². The van der Waals surface area contributed by atoms with Gasteiger partial charge in [0.15, 0.2) is 5.72 Å². The molecule has 1 aliphatic carbocycles. The van der Waals surface area contributed by atoms with Crippen molar-refractivity contribution in [2.75, 3.05) is 0 Å². The molecule has 0 bridgehead atoms. The van der Waals surface area contributed by atoms with E-state index in [2.05, 4.69) is 41.5 Å². The van der Waals surface area contributed by atoms with Crippen molar-refractivity contribution in [3.05, 3.63) is 42.6 Å². The number of fused-ring (bicyclic) bond motifs is 4. The molecule has 1 spiro atoms. The first-order valence-electron chi connectivity index (χ1n) is 5.79. The van der Waals surface area contributed by atoms with Gasteiger partial charge in [0.25, 0.3) is 0 Å². The lowest BCUT2D eigenvalue weighted by Crippen LogP contribution is -2.38. The van der Waals surface area contributed by atoms with Gasteiger partial charge in [-0.1, -0.05) is 24.8 Å². The van der Waals surface area contributed by atoms with E-state index in [0.717, 1.165) is 24.3 Å². The lowest BCUT2D eigenvalue weighted by Gasteiger charge is -2.39. The molecule has 0 unspecified atom stereocenters. The largest absolute Gasteiger partial charge is 0.466 e. The molecule has 0 radical (unpaired) electrons. The van der Waals surface area contributed by atoms with E-state index in [9.17, 15) is 0 Å². The van der Waals surface area contributed by atoms with Crippen LogP contribution in [0.15, 0.2) is 36.9 Å². The van der Waals surface area contributed by atoms with E-state index in [0.29, 0.717) is 0 Å². The first-order valence-corrected chi connectivity index (χ1v) is 5.79. The zero-order valence-corrected chi connectivity index (χ0v) is 9.07. The highest BCUT2D eigenvalue weighted by atomic mass is 16.5. The van der Waals surface area contributed by atoms with Crippen LogP contribution in [0.2, 0.25) is 0 Å². The summed E-state index contributed by atoms with van der Waals surface area (Å²) in [5.41, 5.74) is 2.33. The maximum absolute atomic E-state index is 5.97. The highest BCUT2D eigenvalue weighted by Crippen LogP contribution is 2.51. The van der Waals surface area contributed by atoms with Gasteiger partial charge in [-0.3, -0.25) is 4.57 Å². The molecular weight excluding hydrogens is 198 g/mol. The van der Waals surface area contributed by atoms with Gasteiger partial charge < -0.3 is 4.74 Å². The van der Waals surface area contributed by atoms with Crippen molar-refractivity contribution in [2.24, 2.45) is 0 Å². The van der Waals surface area contributed by atoms with Gasteiger partial charge in [-0.05, 0) is 18.6 Å². The van der Waals surface area contributed by atoms with Crippen molar-refractivity contribution in [1.29, 1.82) is 0 Å². The van der Waals surface area contributed by atoms with Crippen LogP contribution in [0.1, 0.15) is 25.0 Å². The smallest absolute Gasteiger partial charge is 0.187 e. The summed E-state index contributed by atoms with van der Waals surface area (Å²) >= 11 is 0. The molecule has 4 rings (SSSR count). The lowest BCUT2D eigenvalue weighted by atomic mass is 9.88. The van der Waals surface area contributed by atoms with Crippen LogP contribution in [0, 0.1) is 0 Å². The summed E-state index contributed by atoms with van der Waals surface area (Å²) < 4.78 is 8.31. The molecule has 1 saturated carbocycles. The fourth-order valence-electron chi connectivity index (χ4n) is 2.93. The molecule has 16 heavy (non-hydrogen) atoms. The van der Waals surface area contributed by atoms with Crippen LogP contribution in [0.25, 0.3) is 16.7 Å². The molecule has 2 heterocycles. The Morgan fingerprint density at radius 2 is 2.06 bits per heavy atom. The van der Waals surface area contributed by atoms with Gasteiger partial charge >= 0.3 is 0 Å². The van der Waals surface area contributed by atoms with Crippen molar-refractivity contribution in [2.45, 2.75) is 25.0 Å². The lowest BCUT2D eigenvalue weighted by molar-refractivity contribution is -0.0798. The molecule has 2 aliphatic rings. The van der Waals surface area contributed by atoms with E-state index in [1.165, 1.54) is 17.3 Å². The van der Waals surface area contributed by atoms with Gasteiger partial charge in [-0.2, -0.15) is 0 Å². The number of nitrogens with zero attached hydrogens (tertiary/aromatic N) is 1. The molecule has 0 amide bonds. The van der Waals surface area contributed by atoms with Gasteiger partial charge in [0.2, 0.25) is 0 Å². The van der Waals surface area contributed by atoms with E-state index in [1.807, 2.05) is 0 Å². The molecule has 2 aromatic rings. The maximum Gasteiger partial charge on any atom is 0.187 e. The molecule has 1 aliphatic heterocycles. The molecule has 1 fully saturated rings. The molecule has 0 atom stereocenters. The third-order valence-electron chi connectivity index (χ3n) is 3.85. The molecule has 2 heteroatoms. The first kappa shape index (κ1) is 8.45. The molecule has 1 aromatic heterocycles. The Morgan fingerprint density at radius 1 is 1.25 bits per heavy atom. The van der Waals surface area contributed by atoms with Crippen LogP contribution in [0.4, 0.5) is 0 Å². The maximum atomic E-state index is 5.97. The van der Waals surface area contributed by atoms with Gasteiger partial charge in [0.05, 0.1) is 11.2 Å². The average molecular weight is 211 g/mol. The Morgan fingerprint density at radius 3 is 2.81 bits per heavy atom. The van der Waals surface area contributed by atoms with E-state index in [1.54, 1.807) is 0 Å². The van der Waals surface area contributed by atoms with E-state index >= 15 is 0 Å². The van der Waals surface area contributed by atoms with E-state index in [-0.39, 0.29) is 5.72 Å². The van der Waals surface area contributed by atoms with Crippen LogP contribution in [0.5, 0.6) is 0 Å². The fraction of sp³-hybridized carbons (Fsp3) is 0.286. The van der Waals surface area contributed by atoms with Crippen molar-refractivity contribution in [1.82, 2.24) is 4.57 Å². The molecule has 2 nitrogen and oxygen atoms in total. The highest BCUT2D eigenvalue weighted by Gasteiger charge is 2.48. The predicted octanol–water partition coefficient (Wildman–Crippen LogP) is 3.48. The second-order valence-electron chi connectivity index (χ2n) is 4.75. The molecule has 0 saturated heterocycles. The van der Waals surface area contributed by atoms with Gasteiger partial charge in [-0.15, -0.1) is 0 Å². The molecular formula is C14H13NO. The molecule has 80 valence electrons. The van der Waals surface area contributed by atoms with Crippen LogP contribution in [-0.2, 0) is 10.5 Å². The quantitative estimate of drug-likeness (QED) is 0.650. The normalized spacial score (nSPS) is 20.9. The monoisotopic (exact) mass is 211 g/mol. The summed E-state index contributed by atoms with van der Waals surface area (Å²) in [6.45, 7) is 4.03. The zero-order valence-electron chi connectivity index (χ0n) is 9.07. The first-order chi connectivity index (χ1) is 7.80. The van der Waals surface area contributed by atoms with Crippen molar-refractivity contribution in [3.63, 3.8) is 0 Å². The number of para-hydroxylation sites is 1. The average Bonchev–Trinajstić information content (AvgIpc) is 2.74. The summed E-state index contributed by atoms with van der Waals surface area (Å²) in [5, 5.41) is 1.29. The Labute approximate surface area is 94.1 Å². The minimum absolute atomic E-state index is 0.102. The standard InChI is InChI=1S/C14H13NO/c1-10-13-9-11-5-2-3-6-12(11)15(13)14(16-10)7-4-8-14/h2-3,5-6,9H,1,4,7-8H2. The van der Waals surface area contributed by atoms with Crippen molar-refractivity contribution in [3.8, 4) is 0 Å². The van der Waals surface area contributed by atoms with Crippen LogP contribution < -0.4 is 0 Å². The van der Waals surface area contributed by atoms with E-state index in [4.69, 9.17) is 4.74 Å². The van der Waals surface area contributed by atoms with Gasteiger partial charge in [0.1, 0.15) is 5.76 Å². The third kappa shape index (κ3) is 0.800. The fourth-order valence-corrected chi connectivity index (χ4v) is 2.93. The Hall–Kier alpha value is -1.70. The summed E-state index contributed by atoms with van der Waals surface area (Å²) in [4.78, 5) is 0. The predicted molar refractivity (Wildman–Crippen MR) is 63.9 cm³/mol. The van der Waals surface area contributed by atoms with Gasteiger partial charge in [0, 0.05) is 18.2 Å². The zero-order chi connectivity index (χ0) is 10.8. The minimum Gasteiger partial charge on any atom is -0.466 e. The van der Waals surface area contributed by atoms with Crippen LogP contribution >= 0.6 is 0 Å². The summed E-state index contributed by atoms with van der Waals surface area (Å²) in [5.74, 6) is 0.830. The van der Waals surface area contributed by atoms with Crippen LogP contribution in [-0.4, -0.2) is 4.57 Å². The minimum atomic E-state index is -0.102. The van der Waals surface area contributed by atoms with Crippen molar-refractivity contribution >= 4 is 16.7 Å². The third-order valence-corrected chi connectivity index (χ3v) is 3.85. The number of rotatable bonds is 0. The number of hydrogen-bond acceptors (Lipinski definition) is 1. The summed E-state index contributed by atoms with van der Waals surface area (Å²) in [7, 11) is 0. The Balaban J connectivity index is 2.10. The number of hydrogen-bond donors (Lipinski definition) is 0. The van der Waals surface area contributed by atoms with Crippen LogP contribution in [0.3, 0.4) is 0 Å². The Kier molecular flexibility index (Phi) is 1.33. The molecule has 0 N–H and O–H groups in total. The van der Waals surface area contributed by atoms with Crippen molar-refractivity contribution < 1.29 is 4.74 Å². The summed E-state index contributed by atoms with van der Waals surface area (Å²) in [6.07, 6.45) is 3.47. The highest BCUT2D eigenvalue weighted by molar-refractivity contribution is 5.86. The SMILES string of the molecule is C=C1OC2(CCC2)n2c1cc1ccccc12. The second kappa shape index (κ2) is 2.51. The molecule has 1 aromatic carbocycles. The topological polar surface area (TPSA) is 14.2 Å². The number of benzene rings is 1. The van der Waals surface area contributed by atoms with E-state index < -0.39 is 0 Å². The second-order valence-corrected chi connectivity index (χ2v) is 4.75. The number of ether oxygens (including phenoxy) is 1. The Bertz CT molecular complexity index is 604. The summed E-state index contributed by atoms with van der Waals surface area (Å²) in [6, 6.07) is 10.7.